The Labute approximate surface area is 175 Å². The van der Waals surface area contributed by atoms with Crippen molar-refractivity contribution in [3.63, 3.8) is 0 Å². The number of aryl methyl sites for hydroxylation is 1. The summed E-state index contributed by atoms with van der Waals surface area (Å²) in [5.74, 6) is 0.169. The van der Waals surface area contributed by atoms with E-state index in [2.05, 4.69) is 35.8 Å². The molecule has 0 aromatic carbocycles. The Kier molecular flexibility index (Phi) is 5.88. The average molecular weight is 444 g/mol. The molecule has 0 radical (unpaired) electrons. The van der Waals surface area contributed by atoms with Crippen LogP contribution in [0.2, 0.25) is 5.15 Å². The van der Waals surface area contributed by atoms with Crippen LogP contribution < -0.4 is 10.6 Å². The summed E-state index contributed by atoms with van der Waals surface area (Å²) in [5, 5.41) is 14.2. The number of nitrogens with zero attached hydrogens (tertiary/aromatic N) is 7. The molecule has 0 atom stereocenters. The van der Waals surface area contributed by atoms with E-state index in [1.165, 1.54) is 0 Å². The second-order valence-corrected chi connectivity index (χ2v) is 7.23. The number of alkyl halides is 3. The molecule has 0 aliphatic rings. The molecular weight excluding hydrogens is 423 g/mol. The number of hydrogen-bond acceptors (Lipinski definition) is 7. The number of rotatable bonds is 7. The van der Waals surface area contributed by atoms with Gasteiger partial charge in [0.05, 0.1) is 11.9 Å². The summed E-state index contributed by atoms with van der Waals surface area (Å²) in [4.78, 5) is 12.0. The number of anilines is 3. The summed E-state index contributed by atoms with van der Waals surface area (Å²) in [6.07, 6.45) is -0.628. The Morgan fingerprint density at radius 2 is 1.87 bits per heavy atom. The summed E-state index contributed by atoms with van der Waals surface area (Å²) in [7, 11) is 0. The maximum atomic E-state index is 13.1. The summed E-state index contributed by atoms with van der Waals surface area (Å²) in [5.41, 5.74) is -1.34. The molecule has 2 N–H and O–H groups in total. The van der Waals surface area contributed by atoms with Gasteiger partial charge in [-0.1, -0.05) is 11.6 Å². The molecular formula is C17H21ClF3N9. The van der Waals surface area contributed by atoms with E-state index >= 15 is 0 Å². The number of halogens is 4. The summed E-state index contributed by atoms with van der Waals surface area (Å²) in [6.45, 7) is 8.30. The van der Waals surface area contributed by atoms with Crippen LogP contribution in [0.25, 0.3) is 0 Å². The second-order valence-electron chi connectivity index (χ2n) is 6.87. The maximum absolute atomic E-state index is 13.1. The van der Waals surface area contributed by atoms with Gasteiger partial charge in [-0.25, -0.2) is 9.97 Å². The minimum absolute atomic E-state index is 0.0495. The zero-order valence-electron chi connectivity index (χ0n) is 16.8. The van der Waals surface area contributed by atoms with Gasteiger partial charge in [-0.3, -0.25) is 9.36 Å². The van der Waals surface area contributed by atoms with Crippen molar-refractivity contribution in [3.05, 3.63) is 35.3 Å². The fourth-order valence-corrected chi connectivity index (χ4v) is 2.80. The average Bonchev–Trinajstić information content (AvgIpc) is 3.29. The molecule has 0 saturated heterocycles. The Bertz CT molecular complexity index is 1030. The second kappa shape index (κ2) is 8.09. The van der Waals surface area contributed by atoms with E-state index in [4.69, 9.17) is 11.6 Å². The van der Waals surface area contributed by atoms with Gasteiger partial charge in [0.25, 0.3) is 0 Å². The predicted octanol–water partition coefficient (Wildman–Crippen LogP) is 3.92. The molecule has 3 aromatic heterocycles. The minimum Gasteiger partial charge on any atom is -0.370 e. The van der Waals surface area contributed by atoms with E-state index in [9.17, 15) is 13.2 Å². The van der Waals surface area contributed by atoms with Crippen LogP contribution in [0.1, 0.15) is 39.1 Å². The highest BCUT2D eigenvalue weighted by atomic mass is 35.5. The van der Waals surface area contributed by atoms with Gasteiger partial charge in [-0.05, 0) is 27.7 Å². The van der Waals surface area contributed by atoms with Crippen molar-refractivity contribution in [2.75, 3.05) is 17.2 Å². The largest absolute Gasteiger partial charge is 0.421 e. The molecule has 0 bridgehead atoms. The quantitative estimate of drug-likeness (QED) is 0.571. The first-order valence-corrected chi connectivity index (χ1v) is 9.54. The zero-order chi connectivity index (χ0) is 22.1. The van der Waals surface area contributed by atoms with Crippen LogP contribution >= 0.6 is 11.6 Å². The van der Waals surface area contributed by atoms with Crippen molar-refractivity contribution in [2.45, 2.75) is 46.0 Å². The molecule has 3 heterocycles. The van der Waals surface area contributed by atoms with E-state index in [0.29, 0.717) is 18.1 Å². The fourth-order valence-electron chi connectivity index (χ4n) is 2.63. The number of aromatic nitrogens is 7. The molecule has 0 aliphatic heterocycles. The van der Waals surface area contributed by atoms with Crippen molar-refractivity contribution < 1.29 is 13.2 Å². The van der Waals surface area contributed by atoms with Gasteiger partial charge in [0.1, 0.15) is 23.2 Å². The monoisotopic (exact) mass is 443 g/mol. The van der Waals surface area contributed by atoms with Gasteiger partial charge in [0.15, 0.2) is 11.0 Å². The highest BCUT2D eigenvalue weighted by Crippen LogP contribution is 2.34. The van der Waals surface area contributed by atoms with Gasteiger partial charge in [0.2, 0.25) is 5.95 Å². The van der Waals surface area contributed by atoms with Crippen molar-refractivity contribution >= 4 is 29.1 Å². The summed E-state index contributed by atoms with van der Waals surface area (Å²) >= 11 is 6.23. The van der Waals surface area contributed by atoms with E-state index < -0.39 is 17.3 Å². The molecule has 13 heteroatoms. The molecule has 30 heavy (non-hydrogen) atoms. The first-order valence-electron chi connectivity index (χ1n) is 9.17. The minimum atomic E-state index is -4.57. The molecule has 0 aliphatic carbocycles. The summed E-state index contributed by atoms with van der Waals surface area (Å²) in [6, 6.07) is 0. The fraction of sp³-hybridized carbons (Fsp3) is 0.471. The highest BCUT2D eigenvalue weighted by molar-refractivity contribution is 6.32. The normalized spacial score (nSPS) is 12.3. The molecule has 9 nitrogen and oxygen atoms in total. The molecule has 0 saturated carbocycles. The van der Waals surface area contributed by atoms with E-state index in [1.54, 1.807) is 28.8 Å². The first kappa shape index (κ1) is 21.8. The van der Waals surface area contributed by atoms with Gasteiger partial charge < -0.3 is 10.6 Å². The highest BCUT2D eigenvalue weighted by Gasteiger charge is 2.35. The standard InChI is InChI=1S/C17H21ClF3N9/c1-5-22-13-10(17(19,20)21)7-23-15(26-13)25-11-8-30(27-12(11)18)16(3,4)14-24-9-29(6-2)28-14/h7-9H,5-6H2,1-4H3,(H2,22,23,25,26). The van der Waals surface area contributed by atoms with Crippen molar-refractivity contribution in [2.24, 2.45) is 0 Å². The van der Waals surface area contributed by atoms with Crippen LogP contribution in [0.5, 0.6) is 0 Å². The molecule has 0 spiro atoms. The molecule has 162 valence electrons. The van der Waals surface area contributed by atoms with E-state index in [0.717, 1.165) is 6.20 Å². The van der Waals surface area contributed by atoms with Crippen LogP contribution in [-0.4, -0.2) is 41.1 Å². The van der Waals surface area contributed by atoms with Crippen LogP contribution in [0.4, 0.5) is 30.6 Å². The van der Waals surface area contributed by atoms with Crippen LogP contribution in [0.15, 0.2) is 18.7 Å². The van der Waals surface area contributed by atoms with Crippen LogP contribution in [0.3, 0.4) is 0 Å². The third kappa shape index (κ3) is 4.32. The molecule has 0 unspecified atom stereocenters. The van der Waals surface area contributed by atoms with Gasteiger partial charge in [0, 0.05) is 19.3 Å². The lowest BCUT2D eigenvalue weighted by Crippen LogP contribution is -2.30. The molecule has 3 rings (SSSR count). The Hall–Kier alpha value is -2.89. The van der Waals surface area contributed by atoms with Crippen molar-refractivity contribution in [1.29, 1.82) is 0 Å². The zero-order valence-corrected chi connectivity index (χ0v) is 17.5. The van der Waals surface area contributed by atoms with E-state index in [-0.39, 0.29) is 23.5 Å². The molecule has 0 fully saturated rings. The van der Waals surface area contributed by atoms with Gasteiger partial charge in [-0.2, -0.15) is 28.4 Å². The lowest BCUT2D eigenvalue weighted by Gasteiger charge is -2.21. The maximum Gasteiger partial charge on any atom is 0.421 e. The Morgan fingerprint density at radius 3 is 2.47 bits per heavy atom. The van der Waals surface area contributed by atoms with Gasteiger partial charge in [-0.15, -0.1) is 0 Å². The SMILES string of the molecule is CCNc1nc(Nc2cn(C(C)(C)c3ncn(CC)n3)nc2Cl)ncc1C(F)(F)F. The smallest absolute Gasteiger partial charge is 0.370 e. The lowest BCUT2D eigenvalue weighted by atomic mass is 10.1. The Balaban J connectivity index is 1.90. The number of nitrogens with one attached hydrogen (secondary N) is 2. The van der Waals surface area contributed by atoms with Crippen molar-refractivity contribution in [1.82, 2.24) is 34.5 Å². The summed E-state index contributed by atoms with van der Waals surface area (Å²) < 4.78 is 42.7. The number of hydrogen-bond donors (Lipinski definition) is 2. The van der Waals surface area contributed by atoms with Crippen LogP contribution in [0, 0.1) is 0 Å². The topological polar surface area (TPSA) is 98.4 Å². The lowest BCUT2D eigenvalue weighted by molar-refractivity contribution is -0.137. The van der Waals surface area contributed by atoms with E-state index in [1.807, 2.05) is 20.8 Å². The van der Waals surface area contributed by atoms with Crippen molar-refractivity contribution in [3.8, 4) is 0 Å². The Morgan fingerprint density at radius 1 is 1.13 bits per heavy atom. The third-order valence-corrected chi connectivity index (χ3v) is 4.61. The molecule has 3 aromatic rings. The first-order chi connectivity index (χ1) is 14.1. The third-order valence-electron chi connectivity index (χ3n) is 4.33. The molecule has 0 amide bonds. The van der Waals surface area contributed by atoms with Crippen LogP contribution in [-0.2, 0) is 18.3 Å². The predicted molar refractivity (Wildman–Crippen MR) is 106 cm³/mol. The van der Waals surface area contributed by atoms with Gasteiger partial charge >= 0.3 is 6.18 Å².